The van der Waals surface area contributed by atoms with Crippen LogP contribution in [-0.4, -0.2) is 23.2 Å². The molecule has 0 bridgehead atoms. The summed E-state index contributed by atoms with van der Waals surface area (Å²) in [6.45, 7) is 0. The van der Waals surface area contributed by atoms with Gasteiger partial charge in [-0.25, -0.2) is 9.78 Å². The minimum absolute atomic E-state index is 0.0235. The van der Waals surface area contributed by atoms with Gasteiger partial charge >= 0.3 is 5.97 Å². The standard InChI is InChI=1S/C13H11ClN2O3/c1-19-12-3-2-8(6-10(12)14)16-9-4-5-15-11(7-9)13(17)18/h2-7H,1H3,(H,15,16)(H,17,18). The van der Waals surface area contributed by atoms with Crippen molar-refractivity contribution >= 4 is 28.9 Å². The molecule has 5 nitrogen and oxygen atoms in total. The first-order chi connectivity index (χ1) is 9.10. The number of ether oxygens (including phenoxy) is 1. The number of pyridine rings is 1. The summed E-state index contributed by atoms with van der Waals surface area (Å²) in [5.74, 6) is -0.496. The SMILES string of the molecule is COc1ccc(Nc2ccnc(C(=O)O)c2)cc1Cl. The minimum atomic E-state index is -1.07. The van der Waals surface area contributed by atoms with Gasteiger partial charge in [0.15, 0.2) is 0 Å². The van der Waals surface area contributed by atoms with Crippen LogP contribution in [0.2, 0.25) is 5.02 Å². The van der Waals surface area contributed by atoms with E-state index in [0.29, 0.717) is 16.5 Å². The van der Waals surface area contributed by atoms with Gasteiger partial charge in [-0.3, -0.25) is 0 Å². The molecule has 1 heterocycles. The topological polar surface area (TPSA) is 71.5 Å². The van der Waals surface area contributed by atoms with Crippen molar-refractivity contribution in [2.24, 2.45) is 0 Å². The van der Waals surface area contributed by atoms with Crippen LogP contribution < -0.4 is 10.1 Å². The molecule has 98 valence electrons. The van der Waals surface area contributed by atoms with E-state index in [9.17, 15) is 4.79 Å². The lowest BCUT2D eigenvalue weighted by atomic mass is 10.2. The molecule has 0 fully saturated rings. The van der Waals surface area contributed by atoms with Crippen LogP contribution in [0.1, 0.15) is 10.5 Å². The number of aromatic nitrogens is 1. The second-order valence-electron chi connectivity index (χ2n) is 3.71. The molecule has 2 aromatic rings. The molecule has 0 saturated heterocycles. The first-order valence-corrected chi connectivity index (χ1v) is 5.78. The molecule has 0 saturated carbocycles. The number of hydrogen-bond acceptors (Lipinski definition) is 4. The van der Waals surface area contributed by atoms with E-state index < -0.39 is 5.97 Å². The smallest absolute Gasteiger partial charge is 0.354 e. The number of nitrogens with one attached hydrogen (secondary N) is 1. The number of carboxylic acid groups (broad SMARTS) is 1. The Morgan fingerprint density at radius 3 is 2.68 bits per heavy atom. The highest BCUT2D eigenvalue weighted by Crippen LogP contribution is 2.28. The monoisotopic (exact) mass is 278 g/mol. The highest BCUT2D eigenvalue weighted by atomic mass is 35.5. The van der Waals surface area contributed by atoms with E-state index in [4.69, 9.17) is 21.4 Å². The summed E-state index contributed by atoms with van der Waals surface area (Å²) in [7, 11) is 1.54. The number of halogens is 1. The van der Waals surface area contributed by atoms with E-state index in [0.717, 1.165) is 5.69 Å². The maximum atomic E-state index is 10.8. The van der Waals surface area contributed by atoms with Gasteiger partial charge in [-0.2, -0.15) is 0 Å². The molecule has 0 spiro atoms. The molecule has 0 aliphatic carbocycles. The Labute approximate surface area is 114 Å². The third-order valence-electron chi connectivity index (χ3n) is 2.42. The first-order valence-electron chi connectivity index (χ1n) is 5.40. The number of aromatic carboxylic acids is 1. The summed E-state index contributed by atoms with van der Waals surface area (Å²) in [5, 5.41) is 12.4. The average molecular weight is 279 g/mol. The third kappa shape index (κ3) is 3.14. The summed E-state index contributed by atoms with van der Waals surface area (Å²) in [4.78, 5) is 14.6. The van der Waals surface area contributed by atoms with Gasteiger partial charge in [0.2, 0.25) is 0 Å². The second-order valence-corrected chi connectivity index (χ2v) is 4.12. The molecule has 0 aliphatic heterocycles. The molecule has 0 radical (unpaired) electrons. The zero-order chi connectivity index (χ0) is 13.8. The summed E-state index contributed by atoms with van der Waals surface area (Å²) in [5.41, 5.74) is 1.33. The first kappa shape index (κ1) is 13.2. The second kappa shape index (κ2) is 5.58. The zero-order valence-corrected chi connectivity index (χ0v) is 10.8. The molecule has 2 N–H and O–H groups in total. The van der Waals surface area contributed by atoms with Crippen LogP contribution in [0.5, 0.6) is 5.75 Å². The maximum absolute atomic E-state index is 10.8. The van der Waals surface area contributed by atoms with E-state index >= 15 is 0 Å². The van der Waals surface area contributed by atoms with Crippen molar-refractivity contribution in [3.8, 4) is 5.75 Å². The van der Waals surface area contributed by atoms with E-state index in [1.807, 2.05) is 0 Å². The van der Waals surface area contributed by atoms with Crippen LogP contribution in [0.15, 0.2) is 36.5 Å². The summed E-state index contributed by atoms with van der Waals surface area (Å²) in [6, 6.07) is 8.32. The van der Waals surface area contributed by atoms with Crippen LogP contribution in [-0.2, 0) is 0 Å². The van der Waals surface area contributed by atoms with Crippen molar-refractivity contribution in [1.82, 2.24) is 4.98 Å². The minimum Gasteiger partial charge on any atom is -0.495 e. The Morgan fingerprint density at radius 2 is 2.05 bits per heavy atom. The Morgan fingerprint density at radius 1 is 1.32 bits per heavy atom. The highest BCUT2D eigenvalue weighted by Gasteiger charge is 2.06. The van der Waals surface area contributed by atoms with E-state index in [1.54, 1.807) is 24.3 Å². The molecular formula is C13H11ClN2O3. The van der Waals surface area contributed by atoms with E-state index in [2.05, 4.69) is 10.3 Å². The molecule has 0 unspecified atom stereocenters. The number of rotatable bonds is 4. The van der Waals surface area contributed by atoms with Crippen LogP contribution in [0.4, 0.5) is 11.4 Å². The molecule has 0 aliphatic rings. The normalized spacial score (nSPS) is 10.0. The molecule has 6 heteroatoms. The number of nitrogens with zero attached hydrogens (tertiary/aromatic N) is 1. The average Bonchev–Trinajstić information content (AvgIpc) is 2.39. The summed E-state index contributed by atoms with van der Waals surface area (Å²) in [6.07, 6.45) is 1.43. The Kier molecular flexibility index (Phi) is 3.87. The fourth-order valence-electron chi connectivity index (χ4n) is 1.54. The Bertz CT molecular complexity index is 617. The predicted octanol–water partition coefficient (Wildman–Crippen LogP) is 3.19. The number of anilines is 2. The van der Waals surface area contributed by atoms with Gasteiger partial charge in [-0.05, 0) is 30.3 Å². The van der Waals surface area contributed by atoms with Crippen LogP contribution in [0, 0.1) is 0 Å². The lowest BCUT2D eigenvalue weighted by Gasteiger charge is -2.09. The van der Waals surface area contributed by atoms with Gasteiger partial charge < -0.3 is 15.2 Å². The molecule has 19 heavy (non-hydrogen) atoms. The van der Waals surface area contributed by atoms with Crippen molar-refractivity contribution < 1.29 is 14.6 Å². The Hall–Kier alpha value is -2.27. The van der Waals surface area contributed by atoms with E-state index in [-0.39, 0.29) is 5.69 Å². The molecule has 2 rings (SSSR count). The largest absolute Gasteiger partial charge is 0.495 e. The number of benzene rings is 1. The van der Waals surface area contributed by atoms with Crippen molar-refractivity contribution in [2.45, 2.75) is 0 Å². The molecule has 0 amide bonds. The van der Waals surface area contributed by atoms with E-state index in [1.165, 1.54) is 19.4 Å². The molecule has 1 aromatic heterocycles. The summed E-state index contributed by atoms with van der Waals surface area (Å²) < 4.78 is 5.05. The fraction of sp³-hybridized carbons (Fsp3) is 0.0769. The molecular weight excluding hydrogens is 268 g/mol. The molecule has 1 aromatic carbocycles. The van der Waals surface area contributed by atoms with Crippen molar-refractivity contribution in [3.05, 3.63) is 47.2 Å². The van der Waals surface area contributed by atoms with Gasteiger partial charge in [0, 0.05) is 17.6 Å². The fourth-order valence-corrected chi connectivity index (χ4v) is 1.79. The van der Waals surface area contributed by atoms with Gasteiger partial charge in [-0.1, -0.05) is 11.6 Å². The maximum Gasteiger partial charge on any atom is 0.354 e. The van der Waals surface area contributed by atoms with Crippen molar-refractivity contribution in [3.63, 3.8) is 0 Å². The van der Waals surface area contributed by atoms with Gasteiger partial charge in [-0.15, -0.1) is 0 Å². The lowest BCUT2D eigenvalue weighted by Crippen LogP contribution is -2.01. The number of carbonyl (C=O) groups is 1. The van der Waals surface area contributed by atoms with Crippen LogP contribution in [0.25, 0.3) is 0 Å². The van der Waals surface area contributed by atoms with Gasteiger partial charge in [0.25, 0.3) is 0 Å². The number of methoxy groups -OCH3 is 1. The lowest BCUT2D eigenvalue weighted by molar-refractivity contribution is 0.0690. The highest BCUT2D eigenvalue weighted by molar-refractivity contribution is 6.32. The quantitative estimate of drug-likeness (QED) is 0.899. The summed E-state index contributed by atoms with van der Waals surface area (Å²) >= 11 is 6.01. The zero-order valence-electron chi connectivity index (χ0n) is 10.1. The molecule has 0 atom stereocenters. The number of carboxylic acids is 1. The van der Waals surface area contributed by atoms with Crippen LogP contribution >= 0.6 is 11.6 Å². The third-order valence-corrected chi connectivity index (χ3v) is 2.71. The van der Waals surface area contributed by atoms with Crippen molar-refractivity contribution in [1.29, 1.82) is 0 Å². The van der Waals surface area contributed by atoms with Crippen LogP contribution in [0.3, 0.4) is 0 Å². The van der Waals surface area contributed by atoms with Crippen molar-refractivity contribution in [2.75, 3.05) is 12.4 Å². The number of hydrogen-bond donors (Lipinski definition) is 2. The Balaban J connectivity index is 2.23. The predicted molar refractivity (Wildman–Crippen MR) is 72.5 cm³/mol. The van der Waals surface area contributed by atoms with Gasteiger partial charge in [0.05, 0.1) is 12.1 Å². The van der Waals surface area contributed by atoms with Gasteiger partial charge in [0.1, 0.15) is 11.4 Å².